The number of nitrogens with one attached hydrogen (secondary N) is 2. The molecule has 0 saturated heterocycles. The predicted octanol–water partition coefficient (Wildman–Crippen LogP) is 3.01. The van der Waals surface area contributed by atoms with Crippen molar-refractivity contribution in [2.45, 2.75) is 12.5 Å². The van der Waals surface area contributed by atoms with Gasteiger partial charge in [-0.2, -0.15) is 0 Å². The molecule has 6 nitrogen and oxygen atoms in total. The molecule has 0 unspecified atom stereocenters. The maximum Gasteiger partial charge on any atom is 0.326 e. The quantitative estimate of drug-likeness (QED) is 0.594. The number of aromatic nitrogens is 1. The zero-order valence-electron chi connectivity index (χ0n) is 13.7. The Labute approximate surface area is 154 Å². The Morgan fingerprint density at radius 3 is 2.62 bits per heavy atom. The lowest BCUT2D eigenvalue weighted by atomic mass is 10.1. The number of rotatable bonds is 7. The van der Waals surface area contributed by atoms with Gasteiger partial charge in [0.05, 0.1) is 0 Å². The maximum absolute atomic E-state index is 12.1. The summed E-state index contributed by atoms with van der Waals surface area (Å²) in [5.74, 6) is -1.13. The number of hydrogen-bond acceptors (Lipinski definition) is 3. The summed E-state index contributed by atoms with van der Waals surface area (Å²) >= 11 is 5.78. The average molecular weight is 373 g/mol. The van der Waals surface area contributed by atoms with Crippen LogP contribution in [-0.2, 0) is 16.0 Å². The number of carboxylic acids is 1. The fraction of sp³-hybridized carbons (Fsp3) is 0.158. The molecule has 0 spiro atoms. The number of amides is 1. The van der Waals surface area contributed by atoms with E-state index < -0.39 is 17.9 Å². The molecule has 3 aromatic rings. The normalized spacial score (nSPS) is 11.9. The Kier molecular flexibility index (Phi) is 5.43. The van der Waals surface area contributed by atoms with E-state index in [9.17, 15) is 14.7 Å². The zero-order chi connectivity index (χ0) is 18.5. The van der Waals surface area contributed by atoms with Crippen LogP contribution >= 0.6 is 11.6 Å². The minimum Gasteiger partial charge on any atom is -0.484 e. The highest BCUT2D eigenvalue weighted by Crippen LogP contribution is 2.19. The molecule has 2 aromatic carbocycles. The molecule has 0 aliphatic carbocycles. The Bertz CT molecular complexity index is 921. The van der Waals surface area contributed by atoms with E-state index in [0.29, 0.717) is 10.8 Å². The molecular formula is C19H17ClN2O4. The fourth-order valence-electron chi connectivity index (χ4n) is 2.64. The van der Waals surface area contributed by atoms with Gasteiger partial charge in [-0.1, -0.05) is 29.8 Å². The highest BCUT2D eigenvalue weighted by Gasteiger charge is 2.22. The van der Waals surface area contributed by atoms with Gasteiger partial charge < -0.3 is 20.1 Å². The smallest absolute Gasteiger partial charge is 0.326 e. The summed E-state index contributed by atoms with van der Waals surface area (Å²) < 4.78 is 5.34. The minimum absolute atomic E-state index is 0.173. The van der Waals surface area contributed by atoms with Gasteiger partial charge in [0.2, 0.25) is 0 Å². The van der Waals surface area contributed by atoms with Crippen molar-refractivity contribution in [3.05, 3.63) is 65.3 Å². The first-order valence-electron chi connectivity index (χ1n) is 7.98. The first-order chi connectivity index (χ1) is 12.5. The van der Waals surface area contributed by atoms with Crippen molar-refractivity contribution < 1.29 is 19.4 Å². The number of aliphatic carboxylic acids is 1. The number of carboxylic acid groups (broad SMARTS) is 1. The molecule has 7 heteroatoms. The SMILES string of the molecule is O=C(COc1ccc(Cl)cc1)N[C@@H](Cc1c[nH]c2ccccc12)C(=O)O. The first kappa shape index (κ1) is 17.8. The minimum atomic E-state index is -1.10. The lowest BCUT2D eigenvalue weighted by Gasteiger charge is -2.14. The maximum atomic E-state index is 12.1. The third-order valence-electron chi connectivity index (χ3n) is 3.92. The van der Waals surface area contributed by atoms with Gasteiger partial charge in [-0.25, -0.2) is 4.79 Å². The van der Waals surface area contributed by atoms with Gasteiger partial charge in [0.25, 0.3) is 5.91 Å². The molecule has 1 aromatic heterocycles. The van der Waals surface area contributed by atoms with E-state index in [0.717, 1.165) is 16.5 Å². The van der Waals surface area contributed by atoms with Crippen LogP contribution in [0, 0.1) is 0 Å². The van der Waals surface area contributed by atoms with E-state index >= 15 is 0 Å². The van der Waals surface area contributed by atoms with Crippen molar-refractivity contribution in [3.8, 4) is 5.75 Å². The summed E-state index contributed by atoms with van der Waals surface area (Å²) in [5, 5.41) is 13.4. The van der Waals surface area contributed by atoms with Crippen LogP contribution in [0.25, 0.3) is 10.9 Å². The number of fused-ring (bicyclic) bond motifs is 1. The van der Waals surface area contributed by atoms with Crippen LogP contribution < -0.4 is 10.1 Å². The zero-order valence-corrected chi connectivity index (χ0v) is 14.5. The first-order valence-corrected chi connectivity index (χ1v) is 8.36. The van der Waals surface area contributed by atoms with Crippen LogP contribution in [0.3, 0.4) is 0 Å². The number of aromatic amines is 1. The monoisotopic (exact) mass is 372 g/mol. The highest BCUT2D eigenvalue weighted by atomic mass is 35.5. The second-order valence-electron chi connectivity index (χ2n) is 5.76. The van der Waals surface area contributed by atoms with E-state index in [1.54, 1.807) is 30.5 Å². The van der Waals surface area contributed by atoms with Crippen LogP contribution in [0.2, 0.25) is 5.02 Å². The Hall–Kier alpha value is -2.99. The Morgan fingerprint density at radius 2 is 1.88 bits per heavy atom. The summed E-state index contributed by atoms with van der Waals surface area (Å²) in [6, 6.07) is 13.1. The average Bonchev–Trinajstić information content (AvgIpc) is 3.04. The summed E-state index contributed by atoms with van der Waals surface area (Å²) in [5.41, 5.74) is 1.75. The Morgan fingerprint density at radius 1 is 1.15 bits per heavy atom. The summed E-state index contributed by atoms with van der Waals surface area (Å²) in [7, 11) is 0. The van der Waals surface area contributed by atoms with Gasteiger partial charge in [-0.15, -0.1) is 0 Å². The van der Waals surface area contributed by atoms with Crippen molar-refractivity contribution in [1.29, 1.82) is 0 Å². The molecule has 26 heavy (non-hydrogen) atoms. The van der Waals surface area contributed by atoms with Gasteiger partial charge in [0, 0.05) is 28.5 Å². The van der Waals surface area contributed by atoms with Crippen LogP contribution in [0.4, 0.5) is 0 Å². The van der Waals surface area contributed by atoms with E-state index in [1.807, 2.05) is 24.3 Å². The molecule has 0 aliphatic heterocycles. The number of H-pyrrole nitrogens is 1. The van der Waals surface area contributed by atoms with E-state index in [4.69, 9.17) is 16.3 Å². The number of benzene rings is 2. The van der Waals surface area contributed by atoms with E-state index in [-0.39, 0.29) is 13.0 Å². The lowest BCUT2D eigenvalue weighted by Crippen LogP contribution is -2.44. The van der Waals surface area contributed by atoms with E-state index in [1.165, 1.54) is 0 Å². The van der Waals surface area contributed by atoms with Crippen LogP contribution in [0.1, 0.15) is 5.56 Å². The van der Waals surface area contributed by atoms with Crippen molar-refractivity contribution >= 4 is 34.4 Å². The van der Waals surface area contributed by atoms with Gasteiger partial charge in [0.15, 0.2) is 6.61 Å². The fourth-order valence-corrected chi connectivity index (χ4v) is 2.76. The van der Waals surface area contributed by atoms with Gasteiger partial charge in [-0.3, -0.25) is 4.79 Å². The third kappa shape index (κ3) is 4.34. The lowest BCUT2D eigenvalue weighted by molar-refractivity contribution is -0.142. The second kappa shape index (κ2) is 7.93. The molecular weight excluding hydrogens is 356 g/mol. The number of carbonyl (C=O) groups is 2. The summed E-state index contributed by atoms with van der Waals surface area (Å²) in [6.07, 6.45) is 1.93. The van der Waals surface area contributed by atoms with Gasteiger partial charge in [0.1, 0.15) is 11.8 Å². The number of para-hydroxylation sites is 1. The number of halogens is 1. The second-order valence-corrected chi connectivity index (χ2v) is 6.20. The molecule has 0 fully saturated rings. The largest absolute Gasteiger partial charge is 0.484 e. The topological polar surface area (TPSA) is 91.4 Å². The molecule has 0 bridgehead atoms. The van der Waals surface area contributed by atoms with Crippen LogP contribution in [0.15, 0.2) is 54.7 Å². The molecule has 0 radical (unpaired) electrons. The van der Waals surface area contributed by atoms with Crippen LogP contribution in [-0.4, -0.2) is 34.6 Å². The van der Waals surface area contributed by atoms with Gasteiger partial charge >= 0.3 is 5.97 Å². The highest BCUT2D eigenvalue weighted by molar-refractivity contribution is 6.30. The van der Waals surface area contributed by atoms with Crippen molar-refractivity contribution in [2.75, 3.05) is 6.61 Å². The molecule has 0 aliphatic rings. The number of carbonyl (C=O) groups excluding carboxylic acids is 1. The van der Waals surface area contributed by atoms with Gasteiger partial charge in [-0.05, 0) is 35.9 Å². The summed E-state index contributed by atoms with van der Waals surface area (Å²) in [6.45, 7) is -0.278. The van der Waals surface area contributed by atoms with Crippen molar-refractivity contribution in [3.63, 3.8) is 0 Å². The summed E-state index contributed by atoms with van der Waals surface area (Å²) in [4.78, 5) is 26.7. The third-order valence-corrected chi connectivity index (χ3v) is 4.17. The predicted molar refractivity (Wildman–Crippen MR) is 98.5 cm³/mol. The molecule has 0 saturated carbocycles. The van der Waals surface area contributed by atoms with Crippen LogP contribution in [0.5, 0.6) is 5.75 Å². The molecule has 3 rings (SSSR count). The molecule has 1 atom stereocenters. The molecule has 3 N–H and O–H groups in total. The van der Waals surface area contributed by atoms with Crippen molar-refractivity contribution in [2.24, 2.45) is 0 Å². The number of ether oxygens (including phenoxy) is 1. The standard InChI is InChI=1S/C19H17ClN2O4/c20-13-5-7-14(8-6-13)26-11-18(23)22-17(19(24)25)9-12-10-21-16-4-2-1-3-15(12)16/h1-8,10,17,21H,9,11H2,(H,22,23)(H,24,25)/t17-/m0/s1. The molecule has 1 heterocycles. The number of hydrogen-bond donors (Lipinski definition) is 3. The van der Waals surface area contributed by atoms with E-state index in [2.05, 4.69) is 10.3 Å². The molecule has 1 amide bonds. The van der Waals surface area contributed by atoms with Crippen molar-refractivity contribution in [1.82, 2.24) is 10.3 Å². The Balaban J connectivity index is 1.62. The molecule has 134 valence electrons.